The lowest BCUT2D eigenvalue weighted by Gasteiger charge is -2.24. The zero-order valence-corrected chi connectivity index (χ0v) is 9.18. The van der Waals surface area contributed by atoms with E-state index < -0.39 is 0 Å². The quantitative estimate of drug-likeness (QED) is 0.681. The van der Waals surface area contributed by atoms with Crippen molar-refractivity contribution in [2.24, 2.45) is 0 Å². The zero-order valence-electron chi connectivity index (χ0n) is 8.42. The molecule has 1 aliphatic rings. The molecule has 0 spiro atoms. The van der Waals surface area contributed by atoms with Crippen LogP contribution in [0.4, 0.5) is 0 Å². The molecule has 0 N–H and O–H groups in total. The molecule has 0 aromatic heterocycles. The van der Waals surface area contributed by atoms with Crippen LogP contribution in [0, 0.1) is 0 Å². The summed E-state index contributed by atoms with van der Waals surface area (Å²) in [5.74, 6) is 2.24. The van der Waals surface area contributed by atoms with Crippen molar-refractivity contribution in [2.45, 2.75) is 25.2 Å². The average Bonchev–Trinajstić information content (AvgIpc) is 2.27. The highest BCUT2D eigenvalue weighted by Crippen LogP contribution is 2.34. The molecule has 0 bridgehead atoms. The predicted octanol–water partition coefficient (Wildman–Crippen LogP) is 3.35. The van der Waals surface area contributed by atoms with E-state index in [-0.39, 0.29) is 0 Å². The van der Waals surface area contributed by atoms with Crippen LogP contribution in [0.15, 0.2) is 18.2 Å². The zero-order chi connectivity index (χ0) is 9.97. The Balaban J connectivity index is 2.35. The SMILES string of the molecule is COc1ccc2c(c1)CCCC2CCl. The number of hydrogen-bond donors (Lipinski definition) is 0. The Morgan fingerprint density at radius 1 is 1.50 bits per heavy atom. The molecular formula is C12H15ClO. The molecule has 76 valence electrons. The molecule has 0 amide bonds. The molecule has 1 unspecified atom stereocenters. The maximum atomic E-state index is 5.95. The fraction of sp³-hybridized carbons (Fsp3) is 0.500. The number of rotatable bonds is 2. The summed E-state index contributed by atoms with van der Waals surface area (Å²) in [4.78, 5) is 0. The van der Waals surface area contributed by atoms with Crippen LogP contribution < -0.4 is 4.74 Å². The summed E-state index contributed by atoms with van der Waals surface area (Å²) < 4.78 is 5.22. The molecule has 1 aliphatic carbocycles. The first-order valence-electron chi connectivity index (χ1n) is 5.08. The Kier molecular flexibility index (Phi) is 2.97. The Morgan fingerprint density at radius 2 is 2.36 bits per heavy atom. The van der Waals surface area contributed by atoms with E-state index >= 15 is 0 Å². The van der Waals surface area contributed by atoms with E-state index in [1.165, 1.54) is 30.4 Å². The first-order chi connectivity index (χ1) is 6.85. The van der Waals surface area contributed by atoms with Gasteiger partial charge in [0.15, 0.2) is 0 Å². The van der Waals surface area contributed by atoms with Crippen molar-refractivity contribution in [3.8, 4) is 5.75 Å². The summed E-state index contributed by atoms with van der Waals surface area (Å²) in [5.41, 5.74) is 2.84. The van der Waals surface area contributed by atoms with Crippen molar-refractivity contribution < 1.29 is 4.74 Å². The second-order valence-electron chi connectivity index (χ2n) is 3.81. The second kappa shape index (κ2) is 4.22. The first-order valence-corrected chi connectivity index (χ1v) is 5.61. The normalized spacial score (nSPS) is 20.3. The molecule has 14 heavy (non-hydrogen) atoms. The number of alkyl halides is 1. The highest BCUT2D eigenvalue weighted by Gasteiger charge is 2.19. The van der Waals surface area contributed by atoms with Gasteiger partial charge in [-0.2, -0.15) is 0 Å². The third kappa shape index (κ3) is 1.74. The predicted molar refractivity (Wildman–Crippen MR) is 59.4 cm³/mol. The molecule has 1 aromatic carbocycles. The minimum Gasteiger partial charge on any atom is -0.497 e. The number of ether oxygens (including phenoxy) is 1. The molecule has 1 atom stereocenters. The molecule has 1 aromatic rings. The fourth-order valence-electron chi connectivity index (χ4n) is 2.18. The highest BCUT2D eigenvalue weighted by atomic mass is 35.5. The summed E-state index contributed by atoms with van der Waals surface area (Å²) >= 11 is 5.95. The number of fused-ring (bicyclic) bond motifs is 1. The molecule has 0 saturated carbocycles. The summed E-state index contributed by atoms with van der Waals surface area (Å²) in [6.45, 7) is 0. The maximum Gasteiger partial charge on any atom is 0.119 e. The first kappa shape index (κ1) is 9.85. The monoisotopic (exact) mass is 210 g/mol. The van der Waals surface area contributed by atoms with Gasteiger partial charge in [0.25, 0.3) is 0 Å². The van der Waals surface area contributed by atoms with Crippen molar-refractivity contribution in [2.75, 3.05) is 13.0 Å². The Labute approximate surface area is 90.0 Å². The van der Waals surface area contributed by atoms with Crippen molar-refractivity contribution in [1.29, 1.82) is 0 Å². The Hall–Kier alpha value is -0.690. The van der Waals surface area contributed by atoms with Gasteiger partial charge in [0.2, 0.25) is 0 Å². The van der Waals surface area contributed by atoms with E-state index in [1.807, 2.05) is 6.07 Å². The lowest BCUT2D eigenvalue weighted by atomic mass is 9.84. The molecule has 1 nitrogen and oxygen atoms in total. The van der Waals surface area contributed by atoms with Crippen LogP contribution in [0.25, 0.3) is 0 Å². The minimum atomic E-state index is 0.548. The largest absolute Gasteiger partial charge is 0.497 e. The molecular weight excluding hydrogens is 196 g/mol. The minimum absolute atomic E-state index is 0.548. The van der Waals surface area contributed by atoms with E-state index in [9.17, 15) is 0 Å². The molecule has 2 rings (SSSR count). The third-order valence-electron chi connectivity index (χ3n) is 2.97. The molecule has 0 radical (unpaired) electrons. The van der Waals surface area contributed by atoms with Gasteiger partial charge in [0.1, 0.15) is 5.75 Å². The van der Waals surface area contributed by atoms with Gasteiger partial charge in [-0.3, -0.25) is 0 Å². The molecule has 0 heterocycles. The fourth-order valence-corrected chi connectivity index (χ4v) is 2.50. The summed E-state index contributed by atoms with van der Waals surface area (Å²) in [5, 5.41) is 0. The van der Waals surface area contributed by atoms with Crippen molar-refractivity contribution in [3.63, 3.8) is 0 Å². The highest BCUT2D eigenvalue weighted by molar-refractivity contribution is 6.18. The Bertz CT molecular complexity index is 322. The van der Waals surface area contributed by atoms with Crippen molar-refractivity contribution >= 4 is 11.6 Å². The number of methoxy groups -OCH3 is 1. The van der Waals surface area contributed by atoms with Crippen LogP contribution in [0.3, 0.4) is 0 Å². The van der Waals surface area contributed by atoms with Gasteiger partial charge in [-0.15, -0.1) is 11.6 Å². The number of hydrogen-bond acceptors (Lipinski definition) is 1. The van der Waals surface area contributed by atoms with Gasteiger partial charge in [0, 0.05) is 5.88 Å². The van der Waals surface area contributed by atoms with Gasteiger partial charge >= 0.3 is 0 Å². The second-order valence-corrected chi connectivity index (χ2v) is 4.12. The smallest absolute Gasteiger partial charge is 0.119 e. The van der Waals surface area contributed by atoms with E-state index in [1.54, 1.807) is 7.11 Å². The third-order valence-corrected chi connectivity index (χ3v) is 3.35. The van der Waals surface area contributed by atoms with Crippen molar-refractivity contribution in [3.05, 3.63) is 29.3 Å². The number of benzene rings is 1. The van der Waals surface area contributed by atoms with E-state index in [0.717, 1.165) is 11.6 Å². The molecule has 0 aliphatic heterocycles. The van der Waals surface area contributed by atoms with Gasteiger partial charge in [-0.25, -0.2) is 0 Å². The van der Waals surface area contributed by atoms with Crippen LogP contribution in [-0.2, 0) is 6.42 Å². The van der Waals surface area contributed by atoms with E-state index in [0.29, 0.717) is 5.92 Å². The van der Waals surface area contributed by atoms with Gasteiger partial charge < -0.3 is 4.74 Å². The standard InChI is InChI=1S/C12H15ClO/c1-14-11-5-6-12-9(7-11)3-2-4-10(12)8-13/h5-7,10H,2-4,8H2,1H3. The summed E-state index contributed by atoms with van der Waals surface area (Å²) in [6, 6.07) is 6.35. The number of halogens is 1. The van der Waals surface area contributed by atoms with Crippen molar-refractivity contribution in [1.82, 2.24) is 0 Å². The van der Waals surface area contributed by atoms with Gasteiger partial charge in [-0.1, -0.05) is 6.07 Å². The molecule has 2 heteroatoms. The average molecular weight is 211 g/mol. The molecule has 0 saturated heterocycles. The van der Waals surface area contributed by atoms with E-state index in [2.05, 4.69) is 12.1 Å². The van der Waals surface area contributed by atoms with Crippen LogP contribution in [0.2, 0.25) is 0 Å². The lowest BCUT2D eigenvalue weighted by molar-refractivity contribution is 0.413. The maximum absolute atomic E-state index is 5.95. The summed E-state index contributed by atoms with van der Waals surface area (Å²) in [6.07, 6.45) is 3.64. The lowest BCUT2D eigenvalue weighted by Crippen LogP contribution is -2.10. The van der Waals surface area contributed by atoms with Crippen LogP contribution >= 0.6 is 11.6 Å². The van der Waals surface area contributed by atoms with Gasteiger partial charge in [-0.05, 0) is 48.4 Å². The molecule has 0 fully saturated rings. The Morgan fingerprint density at radius 3 is 3.07 bits per heavy atom. The van der Waals surface area contributed by atoms with Crippen LogP contribution in [-0.4, -0.2) is 13.0 Å². The number of aryl methyl sites for hydroxylation is 1. The van der Waals surface area contributed by atoms with Crippen LogP contribution in [0.1, 0.15) is 29.9 Å². The van der Waals surface area contributed by atoms with E-state index in [4.69, 9.17) is 16.3 Å². The topological polar surface area (TPSA) is 9.23 Å². The van der Waals surface area contributed by atoms with Crippen LogP contribution in [0.5, 0.6) is 5.75 Å². The summed E-state index contributed by atoms with van der Waals surface area (Å²) in [7, 11) is 1.71. The van der Waals surface area contributed by atoms with Gasteiger partial charge in [0.05, 0.1) is 7.11 Å².